The third-order valence-corrected chi connectivity index (χ3v) is 4.88. The fraction of sp³-hybridized carbons (Fsp3) is 0.348. The summed E-state index contributed by atoms with van der Waals surface area (Å²) in [4.78, 5) is 8.28. The number of nitrogens with one attached hydrogen (secondary N) is 2. The van der Waals surface area contributed by atoms with E-state index in [2.05, 4.69) is 76.0 Å². The Morgan fingerprint density at radius 2 is 1.72 bits per heavy atom. The van der Waals surface area contributed by atoms with Crippen molar-refractivity contribution in [3.63, 3.8) is 0 Å². The van der Waals surface area contributed by atoms with Crippen molar-refractivity contribution < 1.29 is 0 Å². The lowest BCUT2D eigenvalue weighted by Crippen LogP contribution is -2.37. The fourth-order valence-corrected chi connectivity index (χ4v) is 3.08. The van der Waals surface area contributed by atoms with Crippen LogP contribution in [0.4, 0.5) is 0 Å². The van der Waals surface area contributed by atoms with Gasteiger partial charge in [0.25, 0.3) is 0 Å². The monoisotopic (exact) mass is 390 g/mol. The van der Waals surface area contributed by atoms with Crippen LogP contribution in [-0.4, -0.2) is 34.3 Å². The summed E-state index contributed by atoms with van der Waals surface area (Å²) in [5, 5.41) is 10.9. The highest BCUT2D eigenvalue weighted by Crippen LogP contribution is 2.15. The third kappa shape index (κ3) is 6.17. The van der Waals surface area contributed by atoms with E-state index in [1.54, 1.807) is 18.1 Å². The molecule has 3 aromatic rings. The minimum absolute atomic E-state index is 0.582. The van der Waals surface area contributed by atoms with Crippen LogP contribution in [0.15, 0.2) is 66.2 Å². The van der Waals surface area contributed by atoms with Crippen molar-refractivity contribution >= 4 is 5.96 Å². The summed E-state index contributed by atoms with van der Waals surface area (Å²) >= 11 is 0. The van der Waals surface area contributed by atoms with Gasteiger partial charge in [-0.1, -0.05) is 50.2 Å². The van der Waals surface area contributed by atoms with E-state index >= 15 is 0 Å². The van der Waals surface area contributed by atoms with Crippen molar-refractivity contribution in [2.45, 2.75) is 39.2 Å². The van der Waals surface area contributed by atoms with Gasteiger partial charge in [-0.2, -0.15) is 5.10 Å². The van der Waals surface area contributed by atoms with E-state index in [0.717, 1.165) is 31.0 Å². The van der Waals surface area contributed by atoms with Crippen LogP contribution in [0.1, 0.15) is 42.9 Å². The molecule has 0 amide bonds. The molecule has 1 aromatic heterocycles. The molecule has 0 atom stereocenters. The van der Waals surface area contributed by atoms with Crippen LogP contribution in [0, 0.1) is 0 Å². The quantitative estimate of drug-likeness (QED) is 0.350. The molecule has 0 bridgehead atoms. The molecular formula is C23H30N6. The number of nitrogens with zero attached hydrogens (tertiary/aromatic N) is 4. The molecule has 6 nitrogen and oxygen atoms in total. The normalized spacial score (nSPS) is 11.7. The highest BCUT2D eigenvalue weighted by atomic mass is 15.3. The van der Waals surface area contributed by atoms with E-state index in [1.165, 1.54) is 23.0 Å². The molecule has 0 fully saturated rings. The van der Waals surface area contributed by atoms with Crippen LogP contribution < -0.4 is 10.6 Å². The van der Waals surface area contributed by atoms with Gasteiger partial charge in [-0.3, -0.25) is 4.99 Å². The number of benzene rings is 2. The number of hydrogen-bond donors (Lipinski definition) is 2. The summed E-state index contributed by atoms with van der Waals surface area (Å²) in [6.45, 7) is 6.05. The van der Waals surface area contributed by atoms with Crippen LogP contribution in [0.25, 0.3) is 5.69 Å². The number of aliphatic imine (C=N–C) groups is 1. The van der Waals surface area contributed by atoms with Crippen molar-refractivity contribution in [3.05, 3.63) is 77.9 Å². The molecule has 0 saturated heterocycles. The van der Waals surface area contributed by atoms with Gasteiger partial charge in [0.05, 0.1) is 5.69 Å². The Hall–Kier alpha value is -3.15. The van der Waals surface area contributed by atoms with Crippen molar-refractivity contribution in [1.82, 2.24) is 25.4 Å². The molecule has 0 radical (unpaired) electrons. The Bertz CT molecular complexity index is 880. The lowest BCUT2D eigenvalue weighted by molar-refractivity contribution is 0.741. The maximum atomic E-state index is 4.31. The van der Waals surface area contributed by atoms with Gasteiger partial charge in [0.1, 0.15) is 12.7 Å². The largest absolute Gasteiger partial charge is 0.356 e. The molecule has 2 N–H and O–H groups in total. The van der Waals surface area contributed by atoms with E-state index < -0.39 is 0 Å². The van der Waals surface area contributed by atoms with Crippen molar-refractivity contribution in [2.24, 2.45) is 4.99 Å². The molecule has 0 aliphatic rings. The molecule has 3 rings (SSSR count). The maximum absolute atomic E-state index is 4.31. The van der Waals surface area contributed by atoms with Gasteiger partial charge in [-0.05, 0) is 47.6 Å². The summed E-state index contributed by atoms with van der Waals surface area (Å²) in [5.74, 6) is 1.40. The van der Waals surface area contributed by atoms with Crippen LogP contribution in [-0.2, 0) is 13.0 Å². The summed E-state index contributed by atoms with van der Waals surface area (Å²) in [6.07, 6.45) is 5.35. The van der Waals surface area contributed by atoms with E-state index in [-0.39, 0.29) is 0 Å². The zero-order valence-electron chi connectivity index (χ0n) is 17.5. The SMILES string of the molecule is CN=C(NCCCc1ccc(C(C)C)cc1)NCc1ccc(-n2cncn2)cc1. The molecule has 152 valence electrons. The van der Waals surface area contributed by atoms with Crippen molar-refractivity contribution in [1.29, 1.82) is 0 Å². The predicted molar refractivity (Wildman–Crippen MR) is 118 cm³/mol. The standard InChI is InChI=1S/C23H30N6/c1-18(2)21-10-6-19(7-11-21)5-4-14-26-23(24-3)27-15-20-8-12-22(13-9-20)29-17-25-16-28-29/h6-13,16-18H,4-5,14-15H2,1-3H3,(H2,24,26,27). The zero-order chi connectivity index (χ0) is 20.5. The maximum Gasteiger partial charge on any atom is 0.191 e. The second kappa shape index (κ2) is 10.4. The minimum Gasteiger partial charge on any atom is -0.356 e. The van der Waals surface area contributed by atoms with Crippen molar-refractivity contribution in [3.8, 4) is 5.69 Å². The first kappa shape index (κ1) is 20.6. The molecule has 0 saturated carbocycles. The Morgan fingerprint density at radius 1 is 1.00 bits per heavy atom. The molecular weight excluding hydrogens is 360 g/mol. The first-order chi connectivity index (χ1) is 14.2. The highest BCUT2D eigenvalue weighted by Gasteiger charge is 2.02. The molecule has 29 heavy (non-hydrogen) atoms. The van der Waals surface area contributed by atoms with Gasteiger partial charge >= 0.3 is 0 Å². The third-order valence-electron chi connectivity index (χ3n) is 4.88. The lowest BCUT2D eigenvalue weighted by atomic mass is 10.0. The smallest absolute Gasteiger partial charge is 0.191 e. The second-order valence-electron chi connectivity index (χ2n) is 7.36. The van der Waals surface area contributed by atoms with Gasteiger partial charge in [0.15, 0.2) is 5.96 Å². The second-order valence-corrected chi connectivity index (χ2v) is 7.36. The van der Waals surface area contributed by atoms with Crippen LogP contribution in [0.2, 0.25) is 0 Å². The topological polar surface area (TPSA) is 67.1 Å². The molecule has 0 aliphatic heterocycles. The summed E-state index contributed by atoms with van der Waals surface area (Å²) in [6, 6.07) is 17.2. The first-order valence-electron chi connectivity index (χ1n) is 10.1. The predicted octanol–water partition coefficient (Wildman–Crippen LogP) is 3.69. The van der Waals surface area contributed by atoms with Crippen LogP contribution >= 0.6 is 0 Å². The Kier molecular flexibility index (Phi) is 7.39. The number of aryl methyl sites for hydroxylation is 1. The number of guanidine groups is 1. The van der Waals surface area contributed by atoms with Crippen molar-refractivity contribution in [2.75, 3.05) is 13.6 Å². The number of rotatable bonds is 8. The summed E-state index contributed by atoms with van der Waals surface area (Å²) in [7, 11) is 1.80. The van der Waals surface area contributed by atoms with Gasteiger partial charge < -0.3 is 10.6 Å². The van der Waals surface area contributed by atoms with Gasteiger partial charge in [-0.15, -0.1) is 0 Å². The lowest BCUT2D eigenvalue weighted by Gasteiger charge is -2.12. The van der Waals surface area contributed by atoms with Gasteiger partial charge in [0, 0.05) is 20.1 Å². The molecule has 0 unspecified atom stereocenters. The van der Waals surface area contributed by atoms with Gasteiger partial charge in [-0.25, -0.2) is 9.67 Å². The number of aromatic nitrogens is 3. The fourth-order valence-electron chi connectivity index (χ4n) is 3.08. The van der Waals surface area contributed by atoms with E-state index in [0.29, 0.717) is 12.5 Å². The highest BCUT2D eigenvalue weighted by molar-refractivity contribution is 5.79. The van der Waals surface area contributed by atoms with Crippen LogP contribution in [0.5, 0.6) is 0 Å². The van der Waals surface area contributed by atoms with E-state index in [1.807, 2.05) is 12.1 Å². The average molecular weight is 391 g/mol. The van der Waals surface area contributed by atoms with E-state index in [4.69, 9.17) is 0 Å². The van der Waals surface area contributed by atoms with E-state index in [9.17, 15) is 0 Å². The molecule has 0 spiro atoms. The zero-order valence-corrected chi connectivity index (χ0v) is 17.5. The summed E-state index contributed by atoms with van der Waals surface area (Å²) in [5.41, 5.74) is 4.95. The Morgan fingerprint density at radius 3 is 2.34 bits per heavy atom. The first-order valence-corrected chi connectivity index (χ1v) is 10.1. The molecule has 0 aliphatic carbocycles. The molecule has 2 aromatic carbocycles. The number of hydrogen-bond acceptors (Lipinski definition) is 3. The van der Waals surface area contributed by atoms with Crippen LogP contribution in [0.3, 0.4) is 0 Å². The Labute approximate surface area is 173 Å². The molecule has 6 heteroatoms. The molecule has 1 heterocycles. The minimum atomic E-state index is 0.582. The van der Waals surface area contributed by atoms with Gasteiger partial charge in [0.2, 0.25) is 0 Å². The Balaban J connectivity index is 1.39. The average Bonchev–Trinajstić information content (AvgIpc) is 3.29. The summed E-state index contributed by atoms with van der Waals surface area (Å²) < 4.78 is 1.74.